The van der Waals surface area contributed by atoms with Crippen molar-refractivity contribution in [3.8, 4) is 0 Å². The summed E-state index contributed by atoms with van der Waals surface area (Å²) in [4.78, 5) is 51.3. The molecule has 6 unspecified atom stereocenters. The van der Waals surface area contributed by atoms with E-state index in [-0.39, 0.29) is 25.9 Å². The first-order valence-corrected chi connectivity index (χ1v) is 31.9. The van der Waals surface area contributed by atoms with E-state index < -0.39 is 67.3 Å². The lowest BCUT2D eigenvalue weighted by Gasteiger charge is -2.40. The Kier molecular flexibility index (Phi) is 50.7. The highest BCUT2D eigenvalue weighted by Gasteiger charge is 2.50. The number of carbonyl (C=O) groups is 4. The largest absolute Gasteiger partial charge is 0.479 e. The van der Waals surface area contributed by atoms with Crippen molar-refractivity contribution in [3.05, 3.63) is 72.9 Å². The molecule has 1 heterocycles. The topological polar surface area (TPSA) is 175 Å². The first-order valence-electron chi connectivity index (χ1n) is 31.9. The molecule has 0 radical (unpaired) electrons. The van der Waals surface area contributed by atoms with Crippen LogP contribution in [0.1, 0.15) is 278 Å². The molecule has 1 fully saturated rings. The van der Waals surface area contributed by atoms with E-state index in [0.29, 0.717) is 19.3 Å². The van der Waals surface area contributed by atoms with E-state index in [0.717, 1.165) is 135 Å². The molecule has 454 valence electrons. The fourth-order valence-electron chi connectivity index (χ4n) is 9.39. The van der Waals surface area contributed by atoms with Crippen molar-refractivity contribution in [2.45, 2.75) is 314 Å². The van der Waals surface area contributed by atoms with Gasteiger partial charge < -0.3 is 39.0 Å². The van der Waals surface area contributed by atoms with Crippen LogP contribution in [-0.4, -0.2) is 89.2 Å². The zero-order valence-electron chi connectivity index (χ0n) is 50.1. The smallest absolute Gasteiger partial charge is 0.335 e. The van der Waals surface area contributed by atoms with Gasteiger partial charge in [-0.2, -0.15) is 0 Å². The van der Waals surface area contributed by atoms with Gasteiger partial charge in [-0.05, 0) is 89.9 Å². The summed E-state index contributed by atoms with van der Waals surface area (Å²) < 4.78 is 28.5. The predicted octanol–water partition coefficient (Wildman–Crippen LogP) is 16.9. The molecule has 0 aliphatic carbocycles. The minimum atomic E-state index is -1.91. The standard InChI is InChI=1S/C67H114O12/c1-4-7-10-13-16-19-22-25-27-29-30-32-33-36-38-41-44-47-50-53-59(68)75-56-58(77-60(69)54-51-48-45-42-39-35-24-21-18-15-12-9-6-3)57-76-67-65(63(72)62(71)64(79-67)66(73)74)78-61(70)55-52-49-46-43-40-37-34-31-28-26-23-20-17-14-11-8-5-2/h8,11,16-17,19-20,25-28,30,32,58,62-65,67,71-72H,4-7,9-10,12-15,18,21-24,29,31,33-57H2,1-3H3,(H,73,74)/b11-8-,19-16-,20-17-,27-25-,28-26-,32-30-. The molecule has 0 spiro atoms. The molecule has 3 N–H and O–H groups in total. The monoisotopic (exact) mass is 1110 g/mol. The van der Waals surface area contributed by atoms with Gasteiger partial charge >= 0.3 is 23.9 Å². The summed E-state index contributed by atoms with van der Waals surface area (Å²) in [5, 5.41) is 31.6. The lowest BCUT2D eigenvalue weighted by Crippen LogP contribution is -2.61. The number of carbonyl (C=O) groups excluding carboxylic acids is 3. The molecule has 1 saturated heterocycles. The normalized spacial score (nSPS) is 18.3. The average molecular weight is 1110 g/mol. The Morgan fingerprint density at radius 2 is 0.797 bits per heavy atom. The number of hydrogen-bond acceptors (Lipinski definition) is 11. The Hall–Kier alpha value is -3.84. The van der Waals surface area contributed by atoms with Gasteiger partial charge in [-0.3, -0.25) is 14.4 Å². The van der Waals surface area contributed by atoms with E-state index in [1.54, 1.807) is 0 Å². The molecular weight excluding hydrogens is 997 g/mol. The van der Waals surface area contributed by atoms with Crippen LogP contribution in [0.15, 0.2) is 72.9 Å². The van der Waals surface area contributed by atoms with E-state index >= 15 is 0 Å². The molecule has 12 heteroatoms. The number of carboxylic acid groups (broad SMARTS) is 1. The van der Waals surface area contributed by atoms with Crippen LogP contribution in [0.25, 0.3) is 0 Å². The maximum absolute atomic E-state index is 13.2. The number of aliphatic hydroxyl groups is 2. The molecule has 0 saturated carbocycles. The molecule has 1 aliphatic heterocycles. The van der Waals surface area contributed by atoms with Crippen molar-refractivity contribution in [2.75, 3.05) is 13.2 Å². The Labute approximate surface area is 480 Å². The van der Waals surface area contributed by atoms with E-state index in [2.05, 4.69) is 93.7 Å². The van der Waals surface area contributed by atoms with Crippen molar-refractivity contribution in [3.63, 3.8) is 0 Å². The third-order valence-electron chi connectivity index (χ3n) is 14.3. The van der Waals surface area contributed by atoms with Gasteiger partial charge in [-0.15, -0.1) is 0 Å². The van der Waals surface area contributed by atoms with Crippen LogP contribution in [0.3, 0.4) is 0 Å². The Morgan fingerprint density at radius 3 is 1.24 bits per heavy atom. The van der Waals surface area contributed by atoms with Crippen molar-refractivity contribution in [1.82, 2.24) is 0 Å². The molecule has 0 aromatic rings. The second-order valence-corrected chi connectivity index (χ2v) is 21.7. The molecule has 1 aliphatic rings. The van der Waals surface area contributed by atoms with Crippen LogP contribution in [-0.2, 0) is 42.9 Å². The maximum atomic E-state index is 13.2. The number of carboxylic acids is 1. The van der Waals surface area contributed by atoms with Gasteiger partial charge in [0.2, 0.25) is 0 Å². The predicted molar refractivity (Wildman–Crippen MR) is 322 cm³/mol. The number of allylic oxidation sites excluding steroid dienone is 12. The van der Waals surface area contributed by atoms with Crippen LogP contribution in [0.5, 0.6) is 0 Å². The van der Waals surface area contributed by atoms with Gasteiger partial charge in [0, 0.05) is 19.3 Å². The Morgan fingerprint density at radius 1 is 0.430 bits per heavy atom. The van der Waals surface area contributed by atoms with Crippen LogP contribution >= 0.6 is 0 Å². The summed E-state index contributed by atoms with van der Waals surface area (Å²) >= 11 is 0. The first kappa shape index (κ1) is 73.2. The molecule has 12 nitrogen and oxygen atoms in total. The third-order valence-corrected chi connectivity index (χ3v) is 14.3. The number of aliphatic carboxylic acids is 1. The average Bonchev–Trinajstić information content (AvgIpc) is 3.46. The highest BCUT2D eigenvalue weighted by molar-refractivity contribution is 5.74. The number of unbranched alkanes of at least 4 members (excludes halogenated alkanes) is 28. The fraction of sp³-hybridized carbons (Fsp3) is 0.761. The van der Waals surface area contributed by atoms with Crippen molar-refractivity contribution in [2.24, 2.45) is 0 Å². The SMILES string of the molecule is CC/C=C\C/C=C\C/C=C\CCCCCCCCCC(=O)OC1C(OCC(COC(=O)CCCCCCCC/C=C\C/C=C\C/C=C\CCCCC)OC(=O)CCCCCCCCCCCCCCC)OC(C(=O)O)C(O)C1O. The zero-order chi connectivity index (χ0) is 57.5. The fourth-order valence-corrected chi connectivity index (χ4v) is 9.39. The second kappa shape index (κ2) is 54.7. The zero-order valence-corrected chi connectivity index (χ0v) is 50.1. The van der Waals surface area contributed by atoms with Crippen molar-refractivity contribution in [1.29, 1.82) is 0 Å². The number of hydrogen-bond donors (Lipinski definition) is 3. The van der Waals surface area contributed by atoms with E-state index in [1.807, 2.05) is 0 Å². The Bertz CT molecular complexity index is 1650. The quantitative estimate of drug-likeness (QED) is 0.0228. The van der Waals surface area contributed by atoms with Gasteiger partial charge in [0.25, 0.3) is 0 Å². The van der Waals surface area contributed by atoms with Crippen molar-refractivity contribution >= 4 is 23.9 Å². The number of aliphatic hydroxyl groups excluding tert-OH is 2. The van der Waals surface area contributed by atoms with Gasteiger partial charge in [0.1, 0.15) is 18.8 Å². The summed E-state index contributed by atoms with van der Waals surface area (Å²) in [6.45, 7) is 5.86. The molecule has 79 heavy (non-hydrogen) atoms. The molecular formula is C67H114O12. The second-order valence-electron chi connectivity index (χ2n) is 21.7. The maximum Gasteiger partial charge on any atom is 0.335 e. The summed E-state index contributed by atoms with van der Waals surface area (Å²) in [7, 11) is 0. The summed E-state index contributed by atoms with van der Waals surface area (Å²) in [5.41, 5.74) is 0. The van der Waals surface area contributed by atoms with Crippen LogP contribution < -0.4 is 0 Å². The van der Waals surface area contributed by atoms with E-state index in [4.69, 9.17) is 23.7 Å². The molecule has 0 aromatic heterocycles. The Balaban J connectivity index is 2.66. The molecule has 1 rings (SSSR count). The molecule has 0 amide bonds. The van der Waals surface area contributed by atoms with Gasteiger partial charge in [-0.25, -0.2) is 4.79 Å². The van der Waals surface area contributed by atoms with Gasteiger partial charge in [-0.1, -0.05) is 241 Å². The minimum absolute atomic E-state index is 0.0474. The molecule has 6 atom stereocenters. The van der Waals surface area contributed by atoms with Crippen LogP contribution in [0.2, 0.25) is 0 Å². The van der Waals surface area contributed by atoms with Crippen LogP contribution in [0, 0.1) is 0 Å². The highest BCUT2D eigenvalue weighted by atomic mass is 16.7. The lowest BCUT2D eigenvalue weighted by molar-refractivity contribution is -0.301. The van der Waals surface area contributed by atoms with Crippen LogP contribution in [0.4, 0.5) is 0 Å². The van der Waals surface area contributed by atoms with Gasteiger partial charge in [0.05, 0.1) is 6.61 Å². The molecule has 0 bridgehead atoms. The van der Waals surface area contributed by atoms with Crippen molar-refractivity contribution < 1.29 is 58.2 Å². The number of esters is 3. The first-order chi connectivity index (χ1) is 38.6. The summed E-state index contributed by atoms with van der Waals surface area (Å²) in [6.07, 6.45) is 57.1. The summed E-state index contributed by atoms with van der Waals surface area (Å²) in [5.74, 6) is -3.13. The number of rotatable bonds is 54. The number of ether oxygens (including phenoxy) is 5. The lowest BCUT2D eigenvalue weighted by atomic mass is 9.98. The molecule has 0 aromatic carbocycles. The van der Waals surface area contributed by atoms with E-state index in [1.165, 1.54) is 83.5 Å². The minimum Gasteiger partial charge on any atom is -0.479 e. The highest BCUT2D eigenvalue weighted by Crippen LogP contribution is 2.27. The summed E-state index contributed by atoms with van der Waals surface area (Å²) in [6, 6.07) is 0. The van der Waals surface area contributed by atoms with Gasteiger partial charge in [0.15, 0.2) is 24.6 Å². The van der Waals surface area contributed by atoms with E-state index in [9.17, 15) is 34.5 Å². The third kappa shape index (κ3) is 44.5.